The molecular formula is C13H16N4O3. The molecule has 0 fully saturated rings. The van der Waals surface area contributed by atoms with Crippen molar-refractivity contribution in [2.24, 2.45) is 0 Å². The average molecular weight is 276 g/mol. The first-order valence-corrected chi connectivity index (χ1v) is 6.22. The van der Waals surface area contributed by atoms with E-state index >= 15 is 0 Å². The summed E-state index contributed by atoms with van der Waals surface area (Å²) in [6.07, 6.45) is 1.49. The van der Waals surface area contributed by atoms with Crippen LogP contribution in [0.3, 0.4) is 0 Å². The average Bonchev–Trinajstić information content (AvgIpc) is 2.89. The molecule has 0 aliphatic carbocycles. The molecular weight excluding hydrogens is 260 g/mol. The zero-order chi connectivity index (χ0) is 14.5. The highest BCUT2D eigenvalue weighted by molar-refractivity contribution is 5.93. The van der Waals surface area contributed by atoms with Gasteiger partial charge in [0.1, 0.15) is 0 Å². The van der Waals surface area contributed by atoms with E-state index in [2.05, 4.69) is 15.1 Å². The van der Waals surface area contributed by atoms with E-state index in [1.807, 2.05) is 6.92 Å². The molecule has 0 bridgehead atoms. The number of pyridine rings is 1. The minimum absolute atomic E-state index is 0.134. The first-order valence-electron chi connectivity index (χ1n) is 6.22. The summed E-state index contributed by atoms with van der Waals surface area (Å²) in [5.74, 6) is 1.30. The molecule has 0 saturated heterocycles. The van der Waals surface area contributed by atoms with Crippen molar-refractivity contribution in [3.05, 3.63) is 35.6 Å². The molecule has 2 aromatic rings. The summed E-state index contributed by atoms with van der Waals surface area (Å²) in [4.78, 5) is 22.1. The number of hydrogen-bond acceptors (Lipinski definition) is 6. The first kappa shape index (κ1) is 14.0. The van der Waals surface area contributed by atoms with Crippen LogP contribution in [0, 0.1) is 6.92 Å². The Labute approximate surface area is 116 Å². The molecule has 0 spiro atoms. The van der Waals surface area contributed by atoms with Crippen LogP contribution < -0.4 is 4.74 Å². The van der Waals surface area contributed by atoms with E-state index in [0.29, 0.717) is 36.2 Å². The lowest BCUT2D eigenvalue weighted by Crippen LogP contribution is -2.30. The van der Waals surface area contributed by atoms with Gasteiger partial charge in [-0.25, -0.2) is 4.98 Å². The smallest absolute Gasteiger partial charge is 0.255 e. The lowest BCUT2D eigenvalue weighted by Gasteiger charge is -2.18. The maximum absolute atomic E-state index is 12.3. The van der Waals surface area contributed by atoms with E-state index in [-0.39, 0.29) is 5.91 Å². The highest BCUT2D eigenvalue weighted by Gasteiger charge is 2.17. The summed E-state index contributed by atoms with van der Waals surface area (Å²) >= 11 is 0. The van der Waals surface area contributed by atoms with Gasteiger partial charge in [-0.05, 0) is 13.0 Å². The fraction of sp³-hybridized carbons (Fsp3) is 0.385. The summed E-state index contributed by atoms with van der Waals surface area (Å²) in [7, 11) is 1.53. The van der Waals surface area contributed by atoms with Crippen molar-refractivity contribution in [1.29, 1.82) is 0 Å². The van der Waals surface area contributed by atoms with Gasteiger partial charge in [0.25, 0.3) is 5.91 Å². The zero-order valence-corrected chi connectivity index (χ0v) is 11.7. The van der Waals surface area contributed by atoms with Crippen molar-refractivity contribution >= 4 is 5.91 Å². The third-order valence-electron chi connectivity index (χ3n) is 2.76. The predicted octanol–water partition coefficient (Wildman–Crippen LogP) is 1.44. The third kappa shape index (κ3) is 3.11. The molecule has 0 saturated carbocycles. The topological polar surface area (TPSA) is 81.4 Å². The summed E-state index contributed by atoms with van der Waals surface area (Å²) in [5, 5.41) is 3.79. The minimum atomic E-state index is -0.134. The number of aromatic nitrogens is 3. The van der Waals surface area contributed by atoms with E-state index < -0.39 is 0 Å². The number of hydrogen-bond donors (Lipinski definition) is 0. The van der Waals surface area contributed by atoms with Crippen molar-refractivity contribution in [2.45, 2.75) is 20.4 Å². The Bertz CT molecular complexity index is 580. The Morgan fingerprint density at radius 3 is 2.75 bits per heavy atom. The van der Waals surface area contributed by atoms with Crippen LogP contribution in [-0.2, 0) is 6.54 Å². The summed E-state index contributed by atoms with van der Waals surface area (Å²) in [6, 6.07) is 3.33. The summed E-state index contributed by atoms with van der Waals surface area (Å²) in [6.45, 7) is 4.45. The molecule has 0 N–H and O–H groups in total. The number of carbonyl (C=O) groups excluding carboxylic acids is 1. The number of methoxy groups -OCH3 is 1. The standard InChI is InChI=1S/C13H16N4O3/c1-4-17(8-11-15-9(2)20-16-11)13(18)10-5-6-12(19-3)14-7-10/h5-7H,4,8H2,1-3H3. The minimum Gasteiger partial charge on any atom is -0.481 e. The van der Waals surface area contributed by atoms with E-state index in [4.69, 9.17) is 9.26 Å². The number of aryl methyl sites for hydroxylation is 1. The summed E-state index contributed by atoms with van der Waals surface area (Å²) < 4.78 is 9.86. The molecule has 20 heavy (non-hydrogen) atoms. The Hall–Kier alpha value is -2.44. The van der Waals surface area contributed by atoms with Crippen LogP contribution in [0.2, 0.25) is 0 Å². The molecule has 0 atom stereocenters. The maximum atomic E-state index is 12.3. The van der Waals surface area contributed by atoms with Crippen LogP contribution >= 0.6 is 0 Å². The molecule has 0 radical (unpaired) electrons. The van der Waals surface area contributed by atoms with Crippen LogP contribution in [0.25, 0.3) is 0 Å². The number of amides is 1. The molecule has 0 aliphatic rings. The van der Waals surface area contributed by atoms with Gasteiger partial charge in [0.2, 0.25) is 11.8 Å². The Morgan fingerprint density at radius 2 is 2.25 bits per heavy atom. The zero-order valence-electron chi connectivity index (χ0n) is 11.7. The van der Waals surface area contributed by atoms with Gasteiger partial charge in [0.15, 0.2) is 5.82 Å². The van der Waals surface area contributed by atoms with E-state index in [9.17, 15) is 4.79 Å². The fourth-order valence-electron chi connectivity index (χ4n) is 1.71. The lowest BCUT2D eigenvalue weighted by molar-refractivity contribution is 0.0747. The molecule has 0 unspecified atom stereocenters. The monoisotopic (exact) mass is 276 g/mol. The van der Waals surface area contributed by atoms with Gasteiger partial charge in [-0.3, -0.25) is 4.79 Å². The van der Waals surface area contributed by atoms with Crippen LogP contribution in [0.15, 0.2) is 22.9 Å². The largest absolute Gasteiger partial charge is 0.481 e. The van der Waals surface area contributed by atoms with Crippen LogP contribution in [-0.4, -0.2) is 39.6 Å². The third-order valence-corrected chi connectivity index (χ3v) is 2.76. The second kappa shape index (κ2) is 6.14. The molecule has 7 heteroatoms. The highest BCUT2D eigenvalue weighted by atomic mass is 16.5. The fourth-order valence-corrected chi connectivity index (χ4v) is 1.71. The molecule has 0 aliphatic heterocycles. The lowest BCUT2D eigenvalue weighted by atomic mass is 10.2. The molecule has 1 amide bonds. The molecule has 2 rings (SSSR count). The number of carbonyl (C=O) groups is 1. The van der Waals surface area contributed by atoms with E-state index in [0.717, 1.165) is 0 Å². The Kier molecular flexibility index (Phi) is 4.29. The molecule has 106 valence electrons. The highest BCUT2D eigenvalue weighted by Crippen LogP contribution is 2.11. The first-order chi connectivity index (χ1) is 9.63. The second-order valence-corrected chi connectivity index (χ2v) is 4.14. The normalized spacial score (nSPS) is 10.3. The van der Waals surface area contributed by atoms with Crippen LogP contribution in [0.5, 0.6) is 5.88 Å². The van der Waals surface area contributed by atoms with Gasteiger partial charge in [-0.15, -0.1) is 0 Å². The number of nitrogens with zero attached hydrogens (tertiary/aromatic N) is 4. The Morgan fingerprint density at radius 1 is 1.45 bits per heavy atom. The van der Waals surface area contributed by atoms with E-state index in [1.54, 1.807) is 24.0 Å². The molecule has 2 aromatic heterocycles. The molecule has 0 aromatic carbocycles. The van der Waals surface area contributed by atoms with Gasteiger partial charge < -0.3 is 14.2 Å². The van der Waals surface area contributed by atoms with Gasteiger partial charge in [-0.2, -0.15) is 4.98 Å². The van der Waals surface area contributed by atoms with Crippen LogP contribution in [0.1, 0.15) is 29.0 Å². The van der Waals surface area contributed by atoms with Gasteiger partial charge in [0, 0.05) is 25.7 Å². The quantitative estimate of drug-likeness (QED) is 0.822. The SMILES string of the molecule is CCN(Cc1noc(C)n1)C(=O)c1ccc(OC)nc1. The van der Waals surface area contributed by atoms with Gasteiger partial charge >= 0.3 is 0 Å². The predicted molar refractivity (Wildman–Crippen MR) is 70.2 cm³/mol. The van der Waals surface area contributed by atoms with Gasteiger partial charge in [0.05, 0.1) is 19.2 Å². The van der Waals surface area contributed by atoms with E-state index in [1.165, 1.54) is 13.3 Å². The van der Waals surface area contributed by atoms with Crippen LogP contribution in [0.4, 0.5) is 0 Å². The van der Waals surface area contributed by atoms with Crippen molar-refractivity contribution in [3.63, 3.8) is 0 Å². The maximum Gasteiger partial charge on any atom is 0.255 e. The van der Waals surface area contributed by atoms with Crippen molar-refractivity contribution < 1.29 is 14.1 Å². The number of rotatable bonds is 5. The Balaban J connectivity index is 2.11. The van der Waals surface area contributed by atoms with Gasteiger partial charge in [-0.1, -0.05) is 5.16 Å². The molecule has 2 heterocycles. The summed E-state index contributed by atoms with van der Waals surface area (Å²) in [5.41, 5.74) is 0.493. The number of ether oxygens (including phenoxy) is 1. The van der Waals surface area contributed by atoms with Crippen molar-refractivity contribution in [3.8, 4) is 5.88 Å². The van der Waals surface area contributed by atoms with Crippen molar-refractivity contribution in [1.82, 2.24) is 20.0 Å². The van der Waals surface area contributed by atoms with Crippen molar-refractivity contribution in [2.75, 3.05) is 13.7 Å². The molecule has 7 nitrogen and oxygen atoms in total. The second-order valence-electron chi connectivity index (χ2n) is 4.14.